The van der Waals surface area contributed by atoms with E-state index in [1.165, 1.54) is 24.5 Å². The van der Waals surface area contributed by atoms with Gasteiger partial charge in [0.15, 0.2) is 0 Å². The molecule has 0 aliphatic carbocycles. The van der Waals surface area contributed by atoms with Gasteiger partial charge in [-0.15, -0.1) is 0 Å². The molecule has 4 rings (SSSR count). The second-order valence-electron chi connectivity index (χ2n) is 7.18. The van der Waals surface area contributed by atoms with Crippen molar-refractivity contribution in [1.29, 1.82) is 0 Å². The number of hydrogen-bond acceptors (Lipinski definition) is 4. The standard InChI is InChI=1S/C23H18F2N4/c1-23(2,19-7-3-5-17(28-19)15-9-11-21(24)26-13-15)20-8-4-6-18(29-20)16-10-12-22(25)27-14-16/h3-14H,1-2H3. The molecule has 0 radical (unpaired) electrons. The Bertz CT molecular complexity index is 1050. The lowest BCUT2D eigenvalue weighted by atomic mass is 9.84. The summed E-state index contributed by atoms with van der Waals surface area (Å²) in [5.41, 5.74) is 4.05. The van der Waals surface area contributed by atoms with Gasteiger partial charge in [0.05, 0.1) is 22.8 Å². The van der Waals surface area contributed by atoms with E-state index in [4.69, 9.17) is 9.97 Å². The van der Waals surface area contributed by atoms with E-state index >= 15 is 0 Å². The zero-order valence-corrected chi connectivity index (χ0v) is 16.0. The Balaban J connectivity index is 1.72. The van der Waals surface area contributed by atoms with Gasteiger partial charge in [-0.2, -0.15) is 8.78 Å². The van der Waals surface area contributed by atoms with E-state index in [9.17, 15) is 8.78 Å². The normalized spacial score (nSPS) is 11.4. The van der Waals surface area contributed by atoms with Crippen LogP contribution in [0.2, 0.25) is 0 Å². The quantitative estimate of drug-likeness (QED) is 0.451. The highest BCUT2D eigenvalue weighted by Crippen LogP contribution is 2.31. The van der Waals surface area contributed by atoms with E-state index in [0.717, 1.165) is 22.5 Å². The monoisotopic (exact) mass is 388 g/mol. The van der Waals surface area contributed by atoms with Gasteiger partial charge in [0.2, 0.25) is 11.9 Å². The molecule has 0 N–H and O–H groups in total. The molecule has 4 nitrogen and oxygen atoms in total. The molecule has 4 aromatic rings. The molecular formula is C23H18F2N4. The van der Waals surface area contributed by atoms with Crippen molar-refractivity contribution in [2.75, 3.05) is 0 Å². The van der Waals surface area contributed by atoms with Crippen LogP contribution >= 0.6 is 0 Å². The van der Waals surface area contributed by atoms with E-state index < -0.39 is 17.3 Å². The average molecular weight is 388 g/mol. The third-order valence-electron chi connectivity index (χ3n) is 4.83. The Morgan fingerprint density at radius 3 is 1.45 bits per heavy atom. The van der Waals surface area contributed by atoms with Crippen LogP contribution < -0.4 is 0 Å². The Hall–Kier alpha value is -3.54. The second-order valence-corrected chi connectivity index (χ2v) is 7.18. The minimum atomic E-state index is -0.526. The van der Waals surface area contributed by atoms with Gasteiger partial charge in [0, 0.05) is 28.9 Å². The highest BCUT2D eigenvalue weighted by molar-refractivity contribution is 5.59. The smallest absolute Gasteiger partial charge is 0.212 e. The molecule has 0 spiro atoms. The summed E-state index contributed by atoms with van der Waals surface area (Å²) in [4.78, 5) is 17.0. The molecule has 0 bridgehead atoms. The van der Waals surface area contributed by atoms with E-state index in [1.807, 2.05) is 50.2 Å². The second kappa shape index (κ2) is 7.47. The largest absolute Gasteiger partial charge is 0.252 e. The fourth-order valence-electron chi connectivity index (χ4n) is 3.07. The van der Waals surface area contributed by atoms with Crippen LogP contribution in [0.4, 0.5) is 8.78 Å². The maximum Gasteiger partial charge on any atom is 0.212 e. The number of aromatic nitrogens is 4. The maximum absolute atomic E-state index is 13.1. The van der Waals surface area contributed by atoms with Crippen molar-refractivity contribution in [3.63, 3.8) is 0 Å². The summed E-state index contributed by atoms with van der Waals surface area (Å²) in [6, 6.07) is 17.4. The van der Waals surface area contributed by atoms with Gasteiger partial charge in [-0.1, -0.05) is 12.1 Å². The minimum absolute atomic E-state index is 0.493. The fourth-order valence-corrected chi connectivity index (χ4v) is 3.07. The summed E-state index contributed by atoms with van der Waals surface area (Å²) in [6.07, 6.45) is 2.93. The van der Waals surface area contributed by atoms with Crippen LogP contribution in [0.5, 0.6) is 0 Å². The predicted molar refractivity (Wildman–Crippen MR) is 107 cm³/mol. The Kier molecular flexibility index (Phi) is 4.84. The van der Waals surface area contributed by atoms with Gasteiger partial charge in [-0.05, 0) is 62.4 Å². The van der Waals surface area contributed by atoms with Crippen molar-refractivity contribution in [1.82, 2.24) is 19.9 Å². The number of hydrogen-bond donors (Lipinski definition) is 0. The molecule has 29 heavy (non-hydrogen) atoms. The van der Waals surface area contributed by atoms with Gasteiger partial charge in [0.25, 0.3) is 0 Å². The van der Waals surface area contributed by atoms with Crippen LogP contribution in [0, 0.1) is 11.9 Å². The third-order valence-corrected chi connectivity index (χ3v) is 4.83. The fraction of sp³-hybridized carbons (Fsp3) is 0.130. The Labute approximate surface area is 167 Å². The van der Waals surface area contributed by atoms with Crippen LogP contribution in [0.15, 0.2) is 73.1 Å². The highest BCUT2D eigenvalue weighted by Gasteiger charge is 2.27. The first-order valence-electron chi connectivity index (χ1n) is 9.12. The summed E-state index contributed by atoms with van der Waals surface area (Å²) in [7, 11) is 0. The van der Waals surface area contributed by atoms with Gasteiger partial charge in [0.1, 0.15) is 0 Å². The molecule has 0 unspecified atom stereocenters. The van der Waals surface area contributed by atoms with E-state index in [-0.39, 0.29) is 0 Å². The van der Waals surface area contributed by atoms with Gasteiger partial charge in [-0.3, -0.25) is 9.97 Å². The molecule has 0 amide bonds. The first kappa shape index (κ1) is 18.8. The van der Waals surface area contributed by atoms with E-state index in [0.29, 0.717) is 11.4 Å². The summed E-state index contributed by atoms with van der Waals surface area (Å²) >= 11 is 0. The SMILES string of the molecule is CC(C)(c1cccc(-c2ccc(F)nc2)n1)c1cccc(-c2ccc(F)nc2)n1. The molecular weight excluding hydrogens is 370 g/mol. The molecule has 0 aromatic carbocycles. The number of nitrogens with zero attached hydrogens (tertiary/aromatic N) is 4. The molecule has 6 heteroatoms. The van der Waals surface area contributed by atoms with Gasteiger partial charge in [-0.25, -0.2) is 9.97 Å². The first-order chi connectivity index (χ1) is 13.9. The summed E-state index contributed by atoms with van der Waals surface area (Å²) in [5.74, 6) is -1.05. The van der Waals surface area contributed by atoms with Crippen molar-refractivity contribution < 1.29 is 8.78 Å². The van der Waals surface area contributed by atoms with Gasteiger partial charge >= 0.3 is 0 Å². The lowest BCUT2D eigenvalue weighted by Gasteiger charge is -2.24. The van der Waals surface area contributed by atoms with Crippen molar-refractivity contribution in [3.8, 4) is 22.5 Å². The van der Waals surface area contributed by atoms with Crippen LogP contribution in [-0.4, -0.2) is 19.9 Å². The summed E-state index contributed by atoms with van der Waals surface area (Å²) < 4.78 is 26.3. The van der Waals surface area contributed by atoms with Crippen molar-refractivity contribution >= 4 is 0 Å². The number of rotatable bonds is 4. The highest BCUT2D eigenvalue weighted by atomic mass is 19.1. The molecule has 0 saturated carbocycles. The molecule has 0 fully saturated rings. The lowest BCUT2D eigenvalue weighted by Crippen LogP contribution is -2.22. The first-order valence-corrected chi connectivity index (χ1v) is 9.12. The van der Waals surface area contributed by atoms with Gasteiger partial charge < -0.3 is 0 Å². The zero-order chi connectivity index (χ0) is 20.4. The van der Waals surface area contributed by atoms with Crippen molar-refractivity contribution in [2.45, 2.75) is 19.3 Å². The van der Waals surface area contributed by atoms with Crippen molar-refractivity contribution in [2.24, 2.45) is 0 Å². The van der Waals surface area contributed by atoms with Crippen LogP contribution in [-0.2, 0) is 5.41 Å². The molecule has 144 valence electrons. The topological polar surface area (TPSA) is 51.6 Å². The van der Waals surface area contributed by atoms with Crippen molar-refractivity contribution in [3.05, 3.63) is 96.3 Å². The summed E-state index contributed by atoms with van der Waals surface area (Å²) in [5, 5.41) is 0. The molecule has 0 saturated heterocycles. The molecule has 4 heterocycles. The van der Waals surface area contributed by atoms with Crippen LogP contribution in [0.25, 0.3) is 22.5 Å². The number of halogens is 2. The van der Waals surface area contributed by atoms with Crippen LogP contribution in [0.1, 0.15) is 25.2 Å². The number of pyridine rings is 4. The molecule has 0 aliphatic heterocycles. The van der Waals surface area contributed by atoms with E-state index in [2.05, 4.69) is 9.97 Å². The Morgan fingerprint density at radius 1 is 0.621 bits per heavy atom. The maximum atomic E-state index is 13.1. The predicted octanol–water partition coefficient (Wildman–Crippen LogP) is 5.20. The average Bonchev–Trinajstić information content (AvgIpc) is 2.75. The summed E-state index contributed by atoms with van der Waals surface area (Å²) in [6.45, 7) is 4.08. The minimum Gasteiger partial charge on any atom is -0.252 e. The third kappa shape index (κ3) is 3.87. The molecule has 4 aromatic heterocycles. The lowest BCUT2D eigenvalue weighted by molar-refractivity contribution is 0.583. The molecule has 0 aliphatic rings. The van der Waals surface area contributed by atoms with E-state index in [1.54, 1.807) is 12.1 Å². The molecule has 0 atom stereocenters. The van der Waals surface area contributed by atoms with Crippen LogP contribution in [0.3, 0.4) is 0 Å². The zero-order valence-electron chi connectivity index (χ0n) is 16.0. The Morgan fingerprint density at radius 2 is 1.07 bits per heavy atom.